The van der Waals surface area contributed by atoms with E-state index in [1.807, 2.05) is 0 Å². The predicted octanol–water partition coefficient (Wildman–Crippen LogP) is 2.70. The number of ether oxygens (including phenoxy) is 2. The summed E-state index contributed by atoms with van der Waals surface area (Å²) in [6.07, 6.45) is -3.43. The monoisotopic (exact) mass is 345 g/mol. The lowest BCUT2D eigenvalue weighted by atomic mass is 10.2. The molecule has 0 radical (unpaired) electrons. The number of carbonyl (C=O) groups excluding carboxylic acids is 1. The maximum Gasteiger partial charge on any atom is 0.422 e. The first-order chi connectivity index (χ1) is 11.2. The standard InChI is InChI=1S/C15H11F4NO4/c1-23-14(22)10-3-2-6-20(13(10)21)11-5-4-9(16)7-12(11)24-8-15(17,18)19/h2-7H,8H2,1H3. The zero-order chi connectivity index (χ0) is 17.9. The minimum atomic E-state index is -4.64. The number of nitrogens with zero attached hydrogens (tertiary/aromatic N) is 1. The van der Waals surface area contributed by atoms with Crippen molar-refractivity contribution in [2.24, 2.45) is 0 Å². The van der Waals surface area contributed by atoms with Gasteiger partial charge in [0.2, 0.25) is 0 Å². The van der Waals surface area contributed by atoms with Gasteiger partial charge in [-0.3, -0.25) is 9.36 Å². The fourth-order valence-corrected chi connectivity index (χ4v) is 1.91. The topological polar surface area (TPSA) is 57.5 Å². The first kappa shape index (κ1) is 17.5. The van der Waals surface area contributed by atoms with Crippen molar-refractivity contribution < 1.29 is 31.8 Å². The minimum absolute atomic E-state index is 0.142. The highest BCUT2D eigenvalue weighted by Crippen LogP contribution is 2.25. The molecule has 1 heterocycles. The molecule has 24 heavy (non-hydrogen) atoms. The molecule has 2 aromatic rings. The van der Waals surface area contributed by atoms with Crippen molar-refractivity contribution in [3.05, 3.63) is 58.3 Å². The Kier molecular flexibility index (Phi) is 4.91. The molecule has 0 aliphatic carbocycles. The van der Waals surface area contributed by atoms with E-state index in [1.165, 1.54) is 18.3 Å². The van der Waals surface area contributed by atoms with Gasteiger partial charge in [0.05, 0.1) is 12.8 Å². The lowest BCUT2D eigenvalue weighted by molar-refractivity contribution is -0.153. The van der Waals surface area contributed by atoms with Gasteiger partial charge in [-0.2, -0.15) is 13.2 Å². The van der Waals surface area contributed by atoms with E-state index in [1.54, 1.807) is 0 Å². The number of halogens is 4. The Morgan fingerprint density at radius 3 is 2.58 bits per heavy atom. The summed E-state index contributed by atoms with van der Waals surface area (Å²) >= 11 is 0. The van der Waals surface area contributed by atoms with Gasteiger partial charge in [-0.15, -0.1) is 0 Å². The van der Waals surface area contributed by atoms with Crippen LogP contribution in [0.25, 0.3) is 5.69 Å². The van der Waals surface area contributed by atoms with Gasteiger partial charge in [0.25, 0.3) is 5.56 Å². The highest BCUT2D eigenvalue weighted by atomic mass is 19.4. The maximum atomic E-state index is 13.3. The molecule has 0 amide bonds. The van der Waals surface area contributed by atoms with E-state index in [-0.39, 0.29) is 11.3 Å². The lowest BCUT2D eigenvalue weighted by Gasteiger charge is -2.15. The van der Waals surface area contributed by atoms with Crippen molar-refractivity contribution in [1.29, 1.82) is 0 Å². The van der Waals surface area contributed by atoms with E-state index in [9.17, 15) is 27.2 Å². The van der Waals surface area contributed by atoms with Crippen molar-refractivity contribution in [3.63, 3.8) is 0 Å². The quantitative estimate of drug-likeness (QED) is 0.632. The normalized spacial score (nSPS) is 11.2. The number of esters is 1. The van der Waals surface area contributed by atoms with Gasteiger partial charge in [0.15, 0.2) is 6.61 Å². The van der Waals surface area contributed by atoms with E-state index >= 15 is 0 Å². The second-order valence-electron chi connectivity index (χ2n) is 4.60. The number of pyridine rings is 1. The maximum absolute atomic E-state index is 13.3. The van der Waals surface area contributed by atoms with E-state index in [0.717, 1.165) is 29.9 Å². The highest BCUT2D eigenvalue weighted by Gasteiger charge is 2.29. The van der Waals surface area contributed by atoms with Crippen LogP contribution in [0.5, 0.6) is 5.75 Å². The minimum Gasteiger partial charge on any atom is -0.482 e. The van der Waals surface area contributed by atoms with Crippen LogP contribution in [-0.4, -0.2) is 30.4 Å². The summed E-state index contributed by atoms with van der Waals surface area (Å²) < 4.78 is 60.2. The third kappa shape index (κ3) is 3.92. The van der Waals surface area contributed by atoms with E-state index in [0.29, 0.717) is 0 Å². The van der Waals surface area contributed by atoms with Gasteiger partial charge in [0.1, 0.15) is 17.1 Å². The molecule has 2 rings (SSSR count). The summed E-state index contributed by atoms with van der Waals surface area (Å²) in [5.74, 6) is -2.24. The number of methoxy groups -OCH3 is 1. The summed E-state index contributed by atoms with van der Waals surface area (Å²) in [5.41, 5.74) is -1.31. The van der Waals surface area contributed by atoms with Crippen LogP contribution in [-0.2, 0) is 4.74 Å². The smallest absolute Gasteiger partial charge is 0.422 e. The second-order valence-corrected chi connectivity index (χ2v) is 4.60. The Bertz CT molecular complexity index is 814. The van der Waals surface area contributed by atoms with Crippen LogP contribution in [0.3, 0.4) is 0 Å². The molecule has 9 heteroatoms. The van der Waals surface area contributed by atoms with Crippen LogP contribution >= 0.6 is 0 Å². The van der Waals surface area contributed by atoms with E-state index in [2.05, 4.69) is 9.47 Å². The molecule has 0 spiro atoms. The molecule has 0 saturated carbocycles. The molecular formula is C15H11F4NO4. The van der Waals surface area contributed by atoms with Gasteiger partial charge in [-0.1, -0.05) is 0 Å². The molecule has 0 bridgehead atoms. The number of carbonyl (C=O) groups is 1. The van der Waals surface area contributed by atoms with Crippen molar-refractivity contribution in [2.45, 2.75) is 6.18 Å². The van der Waals surface area contributed by atoms with Crippen LogP contribution in [0.1, 0.15) is 10.4 Å². The van der Waals surface area contributed by atoms with Crippen molar-refractivity contribution in [1.82, 2.24) is 4.57 Å². The zero-order valence-electron chi connectivity index (χ0n) is 12.3. The number of alkyl halides is 3. The molecular weight excluding hydrogens is 334 g/mol. The van der Waals surface area contributed by atoms with E-state index in [4.69, 9.17) is 0 Å². The molecule has 128 valence electrons. The third-order valence-electron chi connectivity index (χ3n) is 2.93. The largest absolute Gasteiger partial charge is 0.482 e. The molecule has 1 aromatic heterocycles. The van der Waals surface area contributed by atoms with Crippen LogP contribution in [0.2, 0.25) is 0 Å². The van der Waals surface area contributed by atoms with Crippen LogP contribution < -0.4 is 10.3 Å². The van der Waals surface area contributed by atoms with Gasteiger partial charge in [-0.25, -0.2) is 9.18 Å². The van der Waals surface area contributed by atoms with Gasteiger partial charge in [-0.05, 0) is 24.3 Å². The summed E-state index contributed by atoms with van der Waals surface area (Å²) in [6, 6.07) is 5.27. The average Bonchev–Trinajstić information content (AvgIpc) is 2.52. The lowest BCUT2D eigenvalue weighted by Crippen LogP contribution is -2.26. The molecule has 0 aliphatic rings. The van der Waals surface area contributed by atoms with Crippen molar-refractivity contribution >= 4 is 5.97 Å². The third-order valence-corrected chi connectivity index (χ3v) is 2.93. The summed E-state index contributed by atoms with van der Waals surface area (Å²) in [6.45, 7) is -1.66. The Morgan fingerprint density at radius 1 is 1.25 bits per heavy atom. The van der Waals surface area contributed by atoms with Crippen molar-refractivity contribution in [2.75, 3.05) is 13.7 Å². The molecule has 5 nitrogen and oxygen atoms in total. The first-order valence-corrected chi connectivity index (χ1v) is 6.52. The predicted molar refractivity (Wildman–Crippen MR) is 74.9 cm³/mol. The van der Waals surface area contributed by atoms with Crippen LogP contribution in [0, 0.1) is 5.82 Å². The molecule has 0 fully saturated rings. The fraction of sp³-hybridized carbons (Fsp3) is 0.200. The van der Waals surface area contributed by atoms with Gasteiger partial charge >= 0.3 is 12.1 Å². The average molecular weight is 345 g/mol. The molecule has 0 aliphatic heterocycles. The van der Waals surface area contributed by atoms with Crippen LogP contribution in [0.4, 0.5) is 17.6 Å². The van der Waals surface area contributed by atoms with Crippen LogP contribution in [0.15, 0.2) is 41.3 Å². The first-order valence-electron chi connectivity index (χ1n) is 6.52. The Balaban J connectivity index is 2.53. The summed E-state index contributed by atoms with van der Waals surface area (Å²) in [4.78, 5) is 23.8. The fourth-order valence-electron chi connectivity index (χ4n) is 1.91. The molecule has 0 unspecified atom stereocenters. The highest BCUT2D eigenvalue weighted by molar-refractivity contribution is 5.88. The number of aromatic nitrogens is 1. The molecule has 0 saturated heterocycles. The molecule has 0 atom stereocenters. The summed E-state index contributed by atoms with van der Waals surface area (Å²) in [5, 5.41) is 0. The van der Waals surface area contributed by atoms with Gasteiger partial charge in [0, 0.05) is 12.3 Å². The molecule has 0 N–H and O–H groups in total. The summed E-state index contributed by atoms with van der Waals surface area (Å²) in [7, 11) is 1.08. The number of benzene rings is 1. The number of rotatable bonds is 4. The Morgan fingerprint density at radius 2 is 1.96 bits per heavy atom. The van der Waals surface area contributed by atoms with Gasteiger partial charge < -0.3 is 9.47 Å². The number of hydrogen-bond acceptors (Lipinski definition) is 4. The zero-order valence-corrected chi connectivity index (χ0v) is 12.3. The number of hydrogen-bond donors (Lipinski definition) is 0. The SMILES string of the molecule is COC(=O)c1cccn(-c2ccc(F)cc2OCC(F)(F)F)c1=O. The Labute approximate surface area is 133 Å². The molecule has 1 aromatic carbocycles. The van der Waals surface area contributed by atoms with Crippen molar-refractivity contribution in [3.8, 4) is 11.4 Å². The second kappa shape index (κ2) is 6.73. The van der Waals surface area contributed by atoms with E-state index < -0.39 is 35.9 Å². The Hall–Kier alpha value is -2.84.